The second-order valence-electron chi connectivity index (χ2n) is 3.09. The van der Waals surface area contributed by atoms with Crippen LogP contribution in [-0.2, 0) is 4.74 Å². The van der Waals surface area contributed by atoms with Gasteiger partial charge in [0.25, 0.3) is 0 Å². The van der Waals surface area contributed by atoms with Crippen molar-refractivity contribution in [3.8, 4) is 5.75 Å². The summed E-state index contributed by atoms with van der Waals surface area (Å²) in [5, 5.41) is 9.64. The number of ether oxygens (including phenoxy) is 1. The van der Waals surface area contributed by atoms with Crippen LogP contribution in [0.25, 0.3) is 0 Å². The minimum absolute atomic E-state index is 0.0393. The Morgan fingerprint density at radius 3 is 2.81 bits per heavy atom. The van der Waals surface area contributed by atoms with Gasteiger partial charge in [-0.15, -0.1) is 6.58 Å². The molecule has 0 radical (unpaired) electrons. The van der Waals surface area contributed by atoms with Gasteiger partial charge in [-0.2, -0.15) is 0 Å². The molecule has 0 heterocycles. The van der Waals surface area contributed by atoms with Gasteiger partial charge in [0.05, 0.1) is 12.3 Å². The second kappa shape index (κ2) is 5.80. The normalized spacial score (nSPS) is 9.56. The molecule has 0 aliphatic carbocycles. The Balaban J connectivity index is 2.97. The predicted molar refractivity (Wildman–Crippen MR) is 62.7 cm³/mol. The average molecular weight is 221 g/mol. The number of carbonyl (C=O) groups is 1. The molecule has 4 heteroatoms. The van der Waals surface area contributed by atoms with Crippen molar-refractivity contribution in [3.05, 3.63) is 36.9 Å². The largest absolute Gasteiger partial charge is 0.506 e. The van der Waals surface area contributed by atoms with Gasteiger partial charge in [-0.25, -0.2) is 4.79 Å². The first-order valence-corrected chi connectivity index (χ1v) is 5.03. The minimum atomic E-state index is -0.496. The highest BCUT2D eigenvalue weighted by molar-refractivity contribution is 5.89. The number of hydrogen-bond donors (Lipinski definition) is 1. The highest BCUT2D eigenvalue weighted by atomic mass is 16.6. The lowest BCUT2D eigenvalue weighted by molar-refractivity contribution is 0.160. The minimum Gasteiger partial charge on any atom is -0.506 e. The van der Waals surface area contributed by atoms with Gasteiger partial charge in [-0.05, 0) is 19.1 Å². The van der Waals surface area contributed by atoms with E-state index in [1.165, 1.54) is 11.0 Å². The smallest absolute Gasteiger partial charge is 0.414 e. The second-order valence-corrected chi connectivity index (χ2v) is 3.09. The lowest BCUT2D eigenvalue weighted by Gasteiger charge is -2.20. The molecule has 1 amide bonds. The summed E-state index contributed by atoms with van der Waals surface area (Å²) in [6.07, 6.45) is 1.08. The average Bonchev–Trinajstić information content (AvgIpc) is 2.27. The van der Waals surface area contributed by atoms with E-state index in [2.05, 4.69) is 6.58 Å². The van der Waals surface area contributed by atoms with Crippen molar-refractivity contribution in [3.63, 3.8) is 0 Å². The Bertz CT molecular complexity index is 376. The monoisotopic (exact) mass is 221 g/mol. The molecule has 1 aromatic carbocycles. The van der Waals surface area contributed by atoms with Crippen LogP contribution in [0.3, 0.4) is 0 Å². The van der Waals surface area contributed by atoms with Gasteiger partial charge in [0.1, 0.15) is 5.75 Å². The molecule has 0 aliphatic heterocycles. The van der Waals surface area contributed by atoms with E-state index in [4.69, 9.17) is 4.74 Å². The first kappa shape index (κ1) is 12.1. The number of phenolic OH excluding ortho intramolecular Hbond substituents is 1. The van der Waals surface area contributed by atoms with Gasteiger partial charge in [0.15, 0.2) is 0 Å². The van der Waals surface area contributed by atoms with Crippen LogP contribution in [0.15, 0.2) is 36.9 Å². The summed E-state index contributed by atoms with van der Waals surface area (Å²) in [5.74, 6) is 0.0393. The Labute approximate surface area is 94.8 Å². The van der Waals surface area contributed by atoms with E-state index in [-0.39, 0.29) is 12.3 Å². The molecule has 1 aromatic rings. The van der Waals surface area contributed by atoms with Crippen LogP contribution in [-0.4, -0.2) is 24.4 Å². The van der Waals surface area contributed by atoms with E-state index in [9.17, 15) is 9.90 Å². The van der Waals surface area contributed by atoms with Crippen molar-refractivity contribution in [1.29, 1.82) is 0 Å². The molecule has 0 saturated heterocycles. The van der Waals surface area contributed by atoms with E-state index >= 15 is 0 Å². The summed E-state index contributed by atoms with van der Waals surface area (Å²) >= 11 is 0. The molecular formula is C12H15NO3. The van der Waals surface area contributed by atoms with Crippen LogP contribution in [0.4, 0.5) is 10.5 Å². The number of aromatic hydroxyl groups is 1. The summed E-state index contributed by atoms with van der Waals surface area (Å²) in [5.41, 5.74) is 0.417. The van der Waals surface area contributed by atoms with E-state index in [1.807, 2.05) is 0 Å². The molecule has 0 aromatic heterocycles. The van der Waals surface area contributed by atoms with E-state index in [1.54, 1.807) is 31.2 Å². The van der Waals surface area contributed by atoms with Crippen molar-refractivity contribution < 1.29 is 14.6 Å². The molecular weight excluding hydrogens is 206 g/mol. The molecule has 0 bridgehead atoms. The highest BCUT2D eigenvalue weighted by Crippen LogP contribution is 2.26. The van der Waals surface area contributed by atoms with Crippen LogP contribution in [0.5, 0.6) is 5.75 Å². The zero-order valence-electron chi connectivity index (χ0n) is 9.22. The SMILES string of the molecule is C=CCN(C(=O)OCC)c1ccccc1O. The highest BCUT2D eigenvalue weighted by Gasteiger charge is 2.17. The maximum Gasteiger partial charge on any atom is 0.414 e. The van der Waals surface area contributed by atoms with Gasteiger partial charge in [0.2, 0.25) is 0 Å². The predicted octanol–water partition coefficient (Wildman–Crippen LogP) is 2.54. The number of para-hydroxylation sites is 2. The quantitative estimate of drug-likeness (QED) is 0.795. The van der Waals surface area contributed by atoms with Gasteiger partial charge >= 0.3 is 6.09 Å². The molecule has 1 rings (SSSR count). The first-order chi connectivity index (χ1) is 7.70. The first-order valence-electron chi connectivity index (χ1n) is 5.03. The molecule has 0 unspecified atom stereocenters. The van der Waals surface area contributed by atoms with Crippen molar-refractivity contribution in [2.24, 2.45) is 0 Å². The summed E-state index contributed by atoms with van der Waals surface area (Å²) in [6.45, 7) is 5.88. The lowest BCUT2D eigenvalue weighted by atomic mass is 10.2. The number of phenols is 1. The Hall–Kier alpha value is -1.97. The van der Waals surface area contributed by atoms with Crippen LogP contribution >= 0.6 is 0 Å². The van der Waals surface area contributed by atoms with E-state index in [0.717, 1.165) is 0 Å². The van der Waals surface area contributed by atoms with Crippen molar-refractivity contribution in [2.75, 3.05) is 18.1 Å². The summed E-state index contributed by atoms with van der Waals surface area (Å²) in [6, 6.07) is 6.60. The third-order valence-electron chi connectivity index (χ3n) is 1.97. The topological polar surface area (TPSA) is 49.8 Å². The van der Waals surface area contributed by atoms with Gasteiger partial charge in [0, 0.05) is 6.54 Å². The van der Waals surface area contributed by atoms with Crippen LogP contribution < -0.4 is 4.90 Å². The van der Waals surface area contributed by atoms with Gasteiger partial charge < -0.3 is 9.84 Å². The number of anilines is 1. The molecule has 0 saturated carbocycles. The maximum atomic E-state index is 11.6. The van der Waals surface area contributed by atoms with Gasteiger partial charge in [-0.3, -0.25) is 4.90 Å². The fourth-order valence-corrected chi connectivity index (χ4v) is 1.29. The molecule has 0 spiro atoms. The number of amides is 1. The molecule has 0 fully saturated rings. The number of carbonyl (C=O) groups excluding carboxylic acids is 1. The maximum absolute atomic E-state index is 11.6. The van der Waals surface area contributed by atoms with Crippen LogP contribution in [0.2, 0.25) is 0 Å². The molecule has 0 aliphatic rings. The van der Waals surface area contributed by atoms with Crippen LogP contribution in [0.1, 0.15) is 6.92 Å². The zero-order valence-corrected chi connectivity index (χ0v) is 9.22. The Kier molecular flexibility index (Phi) is 4.39. The molecule has 86 valence electrons. The fourth-order valence-electron chi connectivity index (χ4n) is 1.29. The lowest BCUT2D eigenvalue weighted by Crippen LogP contribution is -2.31. The number of nitrogens with zero attached hydrogens (tertiary/aromatic N) is 1. The van der Waals surface area contributed by atoms with Gasteiger partial charge in [-0.1, -0.05) is 18.2 Å². The van der Waals surface area contributed by atoms with Crippen molar-refractivity contribution in [1.82, 2.24) is 0 Å². The summed E-state index contributed by atoms with van der Waals surface area (Å²) in [4.78, 5) is 13.0. The number of hydrogen-bond acceptors (Lipinski definition) is 3. The van der Waals surface area contributed by atoms with E-state index < -0.39 is 6.09 Å². The molecule has 0 atom stereocenters. The van der Waals surface area contributed by atoms with E-state index in [0.29, 0.717) is 12.3 Å². The fraction of sp³-hybridized carbons (Fsp3) is 0.250. The molecule has 16 heavy (non-hydrogen) atoms. The van der Waals surface area contributed by atoms with Crippen molar-refractivity contribution >= 4 is 11.8 Å². The van der Waals surface area contributed by atoms with Crippen molar-refractivity contribution in [2.45, 2.75) is 6.92 Å². The Morgan fingerprint density at radius 1 is 1.56 bits per heavy atom. The standard InChI is InChI=1S/C12H15NO3/c1-3-9-13(12(15)16-4-2)10-7-5-6-8-11(10)14/h3,5-8,14H,1,4,9H2,2H3. The molecule has 1 N–H and O–H groups in total. The summed E-state index contributed by atoms with van der Waals surface area (Å²) in [7, 11) is 0. The summed E-state index contributed by atoms with van der Waals surface area (Å²) < 4.78 is 4.89. The Morgan fingerprint density at radius 2 is 2.25 bits per heavy atom. The van der Waals surface area contributed by atoms with Crippen LogP contribution in [0, 0.1) is 0 Å². The molecule has 4 nitrogen and oxygen atoms in total. The number of benzene rings is 1. The third-order valence-corrected chi connectivity index (χ3v) is 1.97. The third kappa shape index (κ3) is 2.76. The number of rotatable bonds is 4. The zero-order chi connectivity index (χ0) is 12.0.